The second-order valence-electron chi connectivity index (χ2n) is 5.49. The molecule has 0 aromatic rings. The van der Waals surface area contributed by atoms with Gasteiger partial charge < -0.3 is 5.11 Å². The Kier molecular flexibility index (Phi) is 3.06. The van der Waals surface area contributed by atoms with Crippen molar-refractivity contribution < 1.29 is 19.5 Å². The van der Waals surface area contributed by atoms with Gasteiger partial charge in [0.05, 0.1) is 0 Å². The molecule has 2 fully saturated rings. The molecule has 2 rings (SSSR count). The Hall–Kier alpha value is -1.19. The van der Waals surface area contributed by atoms with Gasteiger partial charge in [0.1, 0.15) is 11.6 Å². The van der Waals surface area contributed by atoms with Crippen molar-refractivity contribution in [1.29, 1.82) is 0 Å². The van der Waals surface area contributed by atoms with Crippen molar-refractivity contribution in [3.8, 4) is 0 Å². The third kappa shape index (κ3) is 2.01. The first kappa shape index (κ1) is 12.3. The van der Waals surface area contributed by atoms with E-state index in [4.69, 9.17) is 5.11 Å². The maximum absolute atomic E-state index is 11.9. The number of carboxylic acids is 1. The molecule has 3 atom stereocenters. The van der Waals surface area contributed by atoms with E-state index in [0.29, 0.717) is 25.7 Å². The van der Waals surface area contributed by atoms with Gasteiger partial charge in [0.15, 0.2) is 0 Å². The predicted octanol–water partition coefficient (Wildman–Crippen LogP) is 1.82. The number of carbonyl (C=O) groups is 3. The summed E-state index contributed by atoms with van der Waals surface area (Å²) in [5.41, 5.74) is -0.364. The highest BCUT2D eigenvalue weighted by Gasteiger charge is 2.53. The van der Waals surface area contributed by atoms with Gasteiger partial charge in [0.25, 0.3) is 0 Å². The highest BCUT2D eigenvalue weighted by Crippen LogP contribution is 2.52. The average Bonchev–Trinajstić information content (AvgIpc) is 2.55. The Balaban J connectivity index is 2.15. The van der Waals surface area contributed by atoms with Crippen molar-refractivity contribution in [3.05, 3.63) is 0 Å². The molecule has 2 aliphatic carbocycles. The van der Waals surface area contributed by atoms with E-state index >= 15 is 0 Å². The van der Waals surface area contributed by atoms with Crippen LogP contribution in [-0.4, -0.2) is 22.6 Å². The number of Topliss-reactive ketones (excluding diaryl/α,β-unsaturated/α-hetero) is 2. The van der Waals surface area contributed by atoms with Gasteiger partial charge in [0.2, 0.25) is 0 Å². The Labute approximate surface area is 100 Å². The summed E-state index contributed by atoms with van der Waals surface area (Å²) in [5.74, 6) is -0.583. The second-order valence-corrected chi connectivity index (χ2v) is 5.49. The summed E-state index contributed by atoms with van der Waals surface area (Å²) in [6, 6.07) is 0. The molecule has 2 aliphatic rings. The van der Waals surface area contributed by atoms with E-state index in [1.165, 1.54) is 0 Å². The van der Waals surface area contributed by atoms with Gasteiger partial charge in [-0.05, 0) is 25.2 Å². The van der Waals surface area contributed by atoms with E-state index in [9.17, 15) is 14.4 Å². The van der Waals surface area contributed by atoms with Gasteiger partial charge in [-0.25, -0.2) is 0 Å². The predicted molar refractivity (Wildman–Crippen MR) is 60.4 cm³/mol. The van der Waals surface area contributed by atoms with Crippen LogP contribution in [-0.2, 0) is 14.4 Å². The molecule has 1 N–H and O–H groups in total. The lowest BCUT2D eigenvalue weighted by atomic mass is 9.62. The number of hydrogen-bond donors (Lipinski definition) is 1. The molecule has 0 saturated heterocycles. The fraction of sp³-hybridized carbons (Fsp3) is 0.769. The molecule has 4 heteroatoms. The van der Waals surface area contributed by atoms with Crippen LogP contribution in [0.2, 0.25) is 0 Å². The van der Waals surface area contributed by atoms with Crippen molar-refractivity contribution in [2.45, 2.75) is 45.4 Å². The molecular weight excluding hydrogens is 220 g/mol. The van der Waals surface area contributed by atoms with Crippen molar-refractivity contribution >= 4 is 17.5 Å². The molecule has 0 amide bonds. The molecule has 94 valence electrons. The first-order valence-electron chi connectivity index (χ1n) is 6.23. The molecule has 2 saturated carbocycles. The van der Waals surface area contributed by atoms with E-state index in [2.05, 4.69) is 0 Å². The summed E-state index contributed by atoms with van der Waals surface area (Å²) in [7, 11) is 0. The molecule has 0 heterocycles. The molecule has 4 nitrogen and oxygen atoms in total. The monoisotopic (exact) mass is 238 g/mol. The standard InChI is InChI=1S/C13H18O4/c1-13-7-6-10(14)8(2-5-12(16)17)9(13)3-4-11(13)15/h8-9H,2-7H2,1H3,(H,16,17)/t8-,9?,13-/m0/s1. The number of aliphatic carboxylic acids is 1. The minimum absolute atomic E-state index is 0.0250. The highest BCUT2D eigenvalue weighted by atomic mass is 16.4. The molecule has 1 unspecified atom stereocenters. The molecule has 0 aliphatic heterocycles. The lowest BCUT2D eigenvalue weighted by Crippen LogP contribution is -2.42. The van der Waals surface area contributed by atoms with Crippen LogP contribution in [0.3, 0.4) is 0 Å². The van der Waals surface area contributed by atoms with Gasteiger partial charge >= 0.3 is 5.97 Å². The number of fused-ring (bicyclic) bond motifs is 1. The first-order valence-corrected chi connectivity index (χ1v) is 6.23. The normalized spacial score (nSPS) is 37.0. The third-order valence-corrected chi connectivity index (χ3v) is 4.60. The van der Waals surface area contributed by atoms with Crippen molar-refractivity contribution in [2.24, 2.45) is 17.3 Å². The number of rotatable bonds is 3. The van der Waals surface area contributed by atoms with Crippen LogP contribution in [0.5, 0.6) is 0 Å². The van der Waals surface area contributed by atoms with E-state index in [1.54, 1.807) is 0 Å². The Morgan fingerprint density at radius 3 is 2.76 bits per heavy atom. The molecule has 0 radical (unpaired) electrons. The molecule has 0 aromatic carbocycles. The van der Waals surface area contributed by atoms with E-state index in [0.717, 1.165) is 6.42 Å². The highest BCUT2D eigenvalue weighted by molar-refractivity contribution is 5.92. The minimum atomic E-state index is -0.866. The zero-order valence-corrected chi connectivity index (χ0v) is 10.1. The number of ketones is 2. The van der Waals surface area contributed by atoms with Crippen LogP contribution in [0.15, 0.2) is 0 Å². The fourth-order valence-electron chi connectivity index (χ4n) is 3.50. The van der Waals surface area contributed by atoms with Crippen LogP contribution < -0.4 is 0 Å². The number of hydrogen-bond acceptors (Lipinski definition) is 3. The molecule has 17 heavy (non-hydrogen) atoms. The van der Waals surface area contributed by atoms with Gasteiger partial charge in [-0.15, -0.1) is 0 Å². The lowest BCUT2D eigenvalue weighted by molar-refractivity contribution is -0.139. The topological polar surface area (TPSA) is 71.4 Å². The third-order valence-electron chi connectivity index (χ3n) is 4.60. The van der Waals surface area contributed by atoms with Crippen molar-refractivity contribution in [1.82, 2.24) is 0 Å². The van der Waals surface area contributed by atoms with E-state index < -0.39 is 5.97 Å². The largest absolute Gasteiger partial charge is 0.481 e. The van der Waals surface area contributed by atoms with Crippen LogP contribution >= 0.6 is 0 Å². The minimum Gasteiger partial charge on any atom is -0.481 e. The summed E-state index contributed by atoms with van der Waals surface area (Å²) in [6.07, 6.45) is 2.81. The van der Waals surface area contributed by atoms with Gasteiger partial charge in [-0.3, -0.25) is 14.4 Å². The zero-order chi connectivity index (χ0) is 12.6. The molecule has 0 spiro atoms. The zero-order valence-electron chi connectivity index (χ0n) is 10.1. The molecule has 0 aromatic heterocycles. The van der Waals surface area contributed by atoms with Crippen LogP contribution in [0.1, 0.15) is 45.4 Å². The quantitative estimate of drug-likeness (QED) is 0.814. The Morgan fingerprint density at radius 1 is 1.41 bits per heavy atom. The van der Waals surface area contributed by atoms with E-state index in [-0.39, 0.29) is 35.2 Å². The lowest BCUT2D eigenvalue weighted by Gasteiger charge is -2.39. The summed E-state index contributed by atoms with van der Waals surface area (Å²) in [4.78, 5) is 34.4. The van der Waals surface area contributed by atoms with Crippen LogP contribution in [0, 0.1) is 17.3 Å². The maximum Gasteiger partial charge on any atom is 0.303 e. The Bertz CT molecular complexity index is 374. The SMILES string of the molecule is C[C@]12CCC(=O)[C@@H](CCC(=O)O)C1CCC2=O. The summed E-state index contributed by atoms with van der Waals surface area (Å²) in [5, 5.41) is 8.71. The first-order chi connectivity index (χ1) is 7.95. The number of carbonyl (C=O) groups excluding carboxylic acids is 2. The Morgan fingerprint density at radius 2 is 2.12 bits per heavy atom. The number of carboxylic acid groups (broad SMARTS) is 1. The van der Waals surface area contributed by atoms with E-state index in [1.807, 2.05) is 6.92 Å². The van der Waals surface area contributed by atoms with Crippen molar-refractivity contribution in [3.63, 3.8) is 0 Å². The van der Waals surface area contributed by atoms with Gasteiger partial charge in [0, 0.05) is 30.6 Å². The fourth-order valence-corrected chi connectivity index (χ4v) is 3.50. The molecular formula is C13H18O4. The summed E-state index contributed by atoms with van der Waals surface area (Å²) < 4.78 is 0. The van der Waals surface area contributed by atoms with Gasteiger partial charge in [-0.1, -0.05) is 6.92 Å². The van der Waals surface area contributed by atoms with Crippen molar-refractivity contribution in [2.75, 3.05) is 0 Å². The maximum atomic E-state index is 11.9. The smallest absolute Gasteiger partial charge is 0.303 e. The van der Waals surface area contributed by atoms with Gasteiger partial charge in [-0.2, -0.15) is 0 Å². The second kappa shape index (κ2) is 4.24. The average molecular weight is 238 g/mol. The van der Waals surface area contributed by atoms with Crippen LogP contribution in [0.4, 0.5) is 0 Å². The molecule has 0 bridgehead atoms. The summed E-state index contributed by atoms with van der Waals surface area (Å²) in [6.45, 7) is 1.95. The van der Waals surface area contributed by atoms with Crippen LogP contribution in [0.25, 0.3) is 0 Å². The summed E-state index contributed by atoms with van der Waals surface area (Å²) >= 11 is 0.